The fourth-order valence-corrected chi connectivity index (χ4v) is 3.37. The van der Waals surface area contributed by atoms with Crippen molar-refractivity contribution in [2.75, 3.05) is 0 Å². The molecule has 2 unspecified atom stereocenters. The molecule has 0 aliphatic heterocycles. The molecule has 1 heterocycles. The number of halogens is 2. The van der Waals surface area contributed by atoms with Gasteiger partial charge in [0, 0.05) is 21.7 Å². The topological polar surface area (TPSA) is 38.9 Å². The quantitative estimate of drug-likeness (QED) is 0.746. The van der Waals surface area contributed by atoms with Gasteiger partial charge in [-0.1, -0.05) is 42.4 Å². The van der Waals surface area contributed by atoms with E-state index in [-0.39, 0.29) is 11.3 Å². The van der Waals surface area contributed by atoms with Crippen molar-refractivity contribution in [3.63, 3.8) is 0 Å². The lowest BCUT2D eigenvalue weighted by molar-refractivity contribution is 0.633. The molecule has 0 saturated carbocycles. The van der Waals surface area contributed by atoms with Gasteiger partial charge in [0.2, 0.25) is 0 Å². The monoisotopic (exact) mass is 370 g/mol. The number of hydrogen-bond acceptors (Lipinski definition) is 3. The molecule has 0 fully saturated rings. The number of hydrogen-bond donors (Lipinski definition) is 1. The first-order valence-corrected chi connectivity index (χ1v) is 8.44. The van der Waals surface area contributed by atoms with Crippen LogP contribution >= 0.6 is 39.3 Å². The molecule has 2 rings (SSSR count). The minimum absolute atomic E-state index is 0.0756. The third-order valence-electron chi connectivity index (χ3n) is 3.01. The van der Waals surface area contributed by atoms with Crippen LogP contribution in [0.4, 0.5) is 0 Å². The highest BCUT2D eigenvalue weighted by Gasteiger charge is 2.20. The van der Waals surface area contributed by atoms with Crippen molar-refractivity contribution in [3.05, 3.63) is 57.7 Å². The molecule has 2 nitrogen and oxygen atoms in total. The first-order valence-electron chi connectivity index (χ1n) is 6.39. The van der Waals surface area contributed by atoms with E-state index in [0.29, 0.717) is 0 Å². The first kappa shape index (κ1) is 15.8. The summed E-state index contributed by atoms with van der Waals surface area (Å²) in [6, 6.07) is 11.9. The molecule has 20 heavy (non-hydrogen) atoms. The number of pyridine rings is 1. The minimum Gasteiger partial charge on any atom is -0.326 e. The molecule has 0 saturated heterocycles. The van der Waals surface area contributed by atoms with Crippen molar-refractivity contribution in [3.8, 4) is 0 Å². The van der Waals surface area contributed by atoms with Gasteiger partial charge in [-0.3, -0.25) is 0 Å². The number of nitrogens with two attached hydrogens (primary N) is 1. The molecule has 106 valence electrons. The smallest absolute Gasteiger partial charge is 0.0967 e. The highest BCUT2D eigenvalue weighted by Crippen LogP contribution is 2.37. The van der Waals surface area contributed by atoms with Gasteiger partial charge < -0.3 is 5.73 Å². The molecule has 2 atom stereocenters. The number of rotatable bonds is 5. The van der Waals surface area contributed by atoms with E-state index in [1.807, 2.05) is 36.4 Å². The van der Waals surface area contributed by atoms with Crippen LogP contribution < -0.4 is 5.73 Å². The maximum absolute atomic E-state index is 6.27. The highest BCUT2D eigenvalue weighted by molar-refractivity contribution is 9.10. The van der Waals surface area contributed by atoms with Crippen LogP contribution in [0.2, 0.25) is 5.02 Å². The second-order valence-electron chi connectivity index (χ2n) is 4.48. The van der Waals surface area contributed by atoms with Crippen molar-refractivity contribution in [2.45, 2.75) is 29.7 Å². The zero-order valence-corrected chi connectivity index (χ0v) is 14.3. The van der Waals surface area contributed by atoms with Crippen molar-refractivity contribution in [2.24, 2.45) is 5.73 Å². The van der Waals surface area contributed by atoms with Gasteiger partial charge in [-0.15, -0.1) is 0 Å². The predicted molar refractivity (Wildman–Crippen MR) is 90.3 cm³/mol. The Kier molecular flexibility index (Phi) is 5.90. The van der Waals surface area contributed by atoms with Crippen molar-refractivity contribution < 1.29 is 0 Å². The summed E-state index contributed by atoms with van der Waals surface area (Å²) in [6.07, 6.45) is 2.72. The van der Waals surface area contributed by atoms with Crippen LogP contribution in [0, 0.1) is 0 Å². The summed E-state index contributed by atoms with van der Waals surface area (Å²) >= 11 is 11.0. The molecule has 1 aromatic heterocycles. The summed E-state index contributed by atoms with van der Waals surface area (Å²) in [5.74, 6) is 0. The normalized spacial score (nSPS) is 14.0. The van der Waals surface area contributed by atoms with E-state index in [1.54, 1.807) is 18.0 Å². The van der Waals surface area contributed by atoms with Gasteiger partial charge >= 0.3 is 0 Å². The standard InChI is InChI=1S/C15H16BrClN2S/c1-2-13(18)15(10-3-6-12(17)7-4-10)20-14-8-5-11(16)9-19-14/h3-9,13,15H,2,18H2,1H3. The largest absolute Gasteiger partial charge is 0.326 e. The SMILES string of the molecule is CCC(N)C(Sc1ccc(Br)cn1)c1ccc(Cl)cc1. The van der Waals surface area contributed by atoms with Gasteiger partial charge in [-0.25, -0.2) is 4.98 Å². The van der Waals surface area contributed by atoms with Crippen molar-refractivity contribution >= 4 is 39.3 Å². The van der Waals surface area contributed by atoms with Gasteiger partial charge in [-0.2, -0.15) is 0 Å². The highest BCUT2D eigenvalue weighted by atomic mass is 79.9. The molecule has 1 aromatic carbocycles. The summed E-state index contributed by atoms with van der Waals surface area (Å²) in [5, 5.41) is 1.88. The van der Waals surface area contributed by atoms with E-state index in [0.717, 1.165) is 20.9 Å². The lowest BCUT2D eigenvalue weighted by Crippen LogP contribution is -2.25. The number of aromatic nitrogens is 1. The Bertz CT molecular complexity index is 545. The summed E-state index contributed by atoms with van der Waals surface area (Å²) in [4.78, 5) is 4.41. The van der Waals surface area contributed by atoms with Gasteiger partial charge in [-0.05, 0) is 52.2 Å². The van der Waals surface area contributed by atoms with Crippen molar-refractivity contribution in [1.29, 1.82) is 0 Å². The number of thioether (sulfide) groups is 1. The molecule has 0 aliphatic carbocycles. The maximum atomic E-state index is 6.27. The second-order valence-corrected chi connectivity index (χ2v) is 6.99. The van der Waals surface area contributed by atoms with Crippen LogP contribution in [0.5, 0.6) is 0 Å². The average molecular weight is 372 g/mol. The van der Waals surface area contributed by atoms with Crippen molar-refractivity contribution in [1.82, 2.24) is 4.98 Å². The van der Waals surface area contributed by atoms with Gasteiger partial charge in [0.25, 0.3) is 0 Å². The summed E-state index contributed by atoms with van der Waals surface area (Å²) in [6.45, 7) is 2.10. The summed E-state index contributed by atoms with van der Waals surface area (Å²) in [7, 11) is 0. The molecular formula is C15H16BrClN2S. The molecule has 0 radical (unpaired) electrons. The second kappa shape index (κ2) is 7.46. The lowest BCUT2D eigenvalue weighted by atomic mass is 10.0. The first-order chi connectivity index (χ1) is 9.60. The Morgan fingerprint density at radius 3 is 2.50 bits per heavy atom. The van der Waals surface area contributed by atoms with Gasteiger partial charge in [0.05, 0.1) is 10.3 Å². The Hall–Kier alpha value is -0.550. The minimum atomic E-state index is 0.0756. The Balaban J connectivity index is 2.23. The molecule has 0 spiro atoms. The Morgan fingerprint density at radius 2 is 1.95 bits per heavy atom. The van der Waals surface area contributed by atoms with E-state index >= 15 is 0 Å². The molecule has 2 N–H and O–H groups in total. The zero-order valence-electron chi connectivity index (χ0n) is 11.1. The number of nitrogens with zero attached hydrogens (tertiary/aromatic N) is 1. The molecule has 0 aliphatic rings. The molecule has 0 amide bonds. The molecule has 2 aromatic rings. The third kappa shape index (κ3) is 4.22. The van der Waals surface area contributed by atoms with E-state index in [9.17, 15) is 0 Å². The van der Waals surface area contributed by atoms with Crippen LogP contribution in [-0.2, 0) is 0 Å². The summed E-state index contributed by atoms with van der Waals surface area (Å²) < 4.78 is 0.977. The summed E-state index contributed by atoms with van der Waals surface area (Å²) in [5.41, 5.74) is 7.45. The van der Waals surface area contributed by atoms with Crippen LogP contribution in [-0.4, -0.2) is 11.0 Å². The Labute approximate surface area is 137 Å². The van der Waals surface area contributed by atoms with E-state index in [4.69, 9.17) is 17.3 Å². The Morgan fingerprint density at radius 1 is 1.25 bits per heavy atom. The zero-order chi connectivity index (χ0) is 14.5. The lowest BCUT2D eigenvalue weighted by Gasteiger charge is -2.22. The van der Waals surface area contributed by atoms with E-state index in [1.165, 1.54) is 5.56 Å². The predicted octanol–water partition coefficient (Wildman–Crippen LogP) is 5.07. The average Bonchev–Trinajstić information content (AvgIpc) is 2.47. The molecular weight excluding hydrogens is 356 g/mol. The van der Waals surface area contributed by atoms with Crippen LogP contribution in [0.25, 0.3) is 0 Å². The van der Waals surface area contributed by atoms with Crippen LogP contribution in [0.15, 0.2) is 52.1 Å². The fourth-order valence-electron chi connectivity index (χ4n) is 1.83. The van der Waals surface area contributed by atoms with Crippen LogP contribution in [0.3, 0.4) is 0 Å². The van der Waals surface area contributed by atoms with E-state index in [2.05, 4.69) is 27.8 Å². The van der Waals surface area contributed by atoms with Crippen LogP contribution in [0.1, 0.15) is 24.2 Å². The third-order valence-corrected chi connectivity index (χ3v) is 5.09. The maximum Gasteiger partial charge on any atom is 0.0967 e. The fraction of sp³-hybridized carbons (Fsp3) is 0.267. The molecule has 0 bridgehead atoms. The number of benzene rings is 1. The van der Waals surface area contributed by atoms with Gasteiger partial charge in [0.15, 0.2) is 0 Å². The molecule has 5 heteroatoms. The van der Waals surface area contributed by atoms with Gasteiger partial charge in [0.1, 0.15) is 0 Å². The van der Waals surface area contributed by atoms with E-state index < -0.39 is 0 Å².